The normalized spacial score (nSPS) is 15.4. The van der Waals surface area contributed by atoms with Crippen molar-refractivity contribution in [2.75, 3.05) is 5.32 Å². The third-order valence-corrected chi connectivity index (χ3v) is 4.94. The molecule has 4 rings (SSSR count). The standard InChI is InChI=1S/C19H15ClN4O2S/c20-12-7-5-11(6-8-12)10-21-16(25)9-15-18(26)24-17(22-15)13-3-1-2-4-14(13)23-19(24)27/h1-8,15,22H,9-10H2,(H,21,25). The Morgan fingerprint density at radius 3 is 2.74 bits per heavy atom. The number of hydrogen-bond acceptors (Lipinski definition) is 5. The minimum Gasteiger partial charge on any atom is -0.358 e. The van der Waals surface area contributed by atoms with Gasteiger partial charge in [0.25, 0.3) is 5.91 Å². The Morgan fingerprint density at radius 2 is 1.96 bits per heavy atom. The Balaban J connectivity index is 1.49. The number of nitrogens with zero attached hydrogens (tertiary/aromatic N) is 2. The number of carbonyl (C=O) groups excluding carboxylic acids is 2. The summed E-state index contributed by atoms with van der Waals surface area (Å²) in [4.78, 5) is 29.3. The molecule has 1 aromatic heterocycles. The van der Waals surface area contributed by atoms with Crippen LogP contribution in [0.1, 0.15) is 16.8 Å². The highest BCUT2D eigenvalue weighted by molar-refractivity contribution is 7.71. The van der Waals surface area contributed by atoms with Gasteiger partial charge in [0.1, 0.15) is 11.9 Å². The fourth-order valence-corrected chi connectivity index (χ4v) is 3.47. The largest absolute Gasteiger partial charge is 0.358 e. The fourth-order valence-electron chi connectivity index (χ4n) is 3.07. The van der Waals surface area contributed by atoms with Gasteiger partial charge in [0.15, 0.2) is 0 Å². The second-order valence-electron chi connectivity index (χ2n) is 6.24. The minimum absolute atomic E-state index is 0.0111. The number of hydrogen-bond donors (Lipinski definition) is 2. The lowest BCUT2D eigenvalue weighted by molar-refractivity contribution is -0.121. The van der Waals surface area contributed by atoms with Crippen LogP contribution in [0.2, 0.25) is 5.02 Å². The average Bonchev–Trinajstić information content (AvgIpc) is 2.98. The first-order valence-corrected chi connectivity index (χ1v) is 9.15. The number of aromatic nitrogens is 2. The van der Waals surface area contributed by atoms with Crippen molar-refractivity contribution >= 4 is 52.4 Å². The molecule has 27 heavy (non-hydrogen) atoms. The molecule has 0 saturated heterocycles. The maximum absolute atomic E-state index is 12.7. The van der Waals surface area contributed by atoms with Crippen LogP contribution in [0.3, 0.4) is 0 Å². The second-order valence-corrected chi connectivity index (χ2v) is 7.04. The molecule has 6 nitrogen and oxygen atoms in total. The molecule has 0 fully saturated rings. The van der Waals surface area contributed by atoms with Crippen molar-refractivity contribution in [1.82, 2.24) is 14.9 Å². The van der Waals surface area contributed by atoms with E-state index in [0.717, 1.165) is 10.9 Å². The molecule has 1 unspecified atom stereocenters. The van der Waals surface area contributed by atoms with Crippen molar-refractivity contribution in [2.24, 2.45) is 0 Å². The molecule has 0 spiro atoms. The van der Waals surface area contributed by atoms with Crippen LogP contribution in [-0.4, -0.2) is 27.4 Å². The topological polar surface area (TPSA) is 76.0 Å². The maximum atomic E-state index is 12.7. The van der Waals surface area contributed by atoms with Crippen molar-refractivity contribution in [2.45, 2.75) is 19.0 Å². The Labute approximate surface area is 165 Å². The Kier molecular flexibility index (Phi) is 4.63. The molecule has 3 aromatic rings. The molecule has 0 aliphatic carbocycles. The van der Waals surface area contributed by atoms with Crippen LogP contribution >= 0.6 is 23.8 Å². The smallest absolute Gasteiger partial charge is 0.257 e. The van der Waals surface area contributed by atoms with Crippen molar-refractivity contribution in [3.05, 3.63) is 63.9 Å². The van der Waals surface area contributed by atoms with E-state index in [1.807, 2.05) is 36.4 Å². The number of halogens is 1. The van der Waals surface area contributed by atoms with Gasteiger partial charge in [-0.25, -0.2) is 9.55 Å². The number of nitrogens with one attached hydrogen (secondary N) is 2. The van der Waals surface area contributed by atoms with Gasteiger partial charge in [-0.1, -0.05) is 35.9 Å². The summed E-state index contributed by atoms with van der Waals surface area (Å²) < 4.78 is 1.56. The van der Waals surface area contributed by atoms with Crippen molar-refractivity contribution in [3.63, 3.8) is 0 Å². The molecule has 1 aliphatic heterocycles. The summed E-state index contributed by atoms with van der Waals surface area (Å²) in [5.74, 6) is 0.0911. The van der Waals surface area contributed by atoms with E-state index in [-0.39, 0.29) is 23.0 Å². The van der Waals surface area contributed by atoms with E-state index in [9.17, 15) is 9.59 Å². The first-order valence-electron chi connectivity index (χ1n) is 8.36. The zero-order valence-corrected chi connectivity index (χ0v) is 15.7. The van der Waals surface area contributed by atoms with Crippen LogP contribution in [-0.2, 0) is 11.3 Å². The van der Waals surface area contributed by atoms with Crippen LogP contribution in [0.25, 0.3) is 10.9 Å². The average molecular weight is 399 g/mol. The molecule has 136 valence electrons. The first-order chi connectivity index (χ1) is 13.0. The minimum atomic E-state index is -0.676. The van der Waals surface area contributed by atoms with Gasteiger partial charge < -0.3 is 10.6 Å². The predicted octanol–water partition coefficient (Wildman–Crippen LogP) is 3.56. The zero-order chi connectivity index (χ0) is 19.0. The van der Waals surface area contributed by atoms with Crippen LogP contribution in [0.4, 0.5) is 5.82 Å². The molecule has 2 N–H and O–H groups in total. The van der Waals surface area contributed by atoms with E-state index in [0.29, 0.717) is 22.9 Å². The summed E-state index contributed by atoms with van der Waals surface area (Å²) in [7, 11) is 0. The lowest BCUT2D eigenvalue weighted by Crippen LogP contribution is -2.33. The number of benzene rings is 2. The summed E-state index contributed by atoms with van der Waals surface area (Å²) in [5, 5.41) is 7.39. The molecule has 1 amide bonds. The molecular formula is C19H15ClN4O2S. The predicted molar refractivity (Wildman–Crippen MR) is 107 cm³/mol. The zero-order valence-electron chi connectivity index (χ0n) is 14.1. The van der Waals surface area contributed by atoms with E-state index in [4.69, 9.17) is 23.8 Å². The highest BCUT2D eigenvalue weighted by Crippen LogP contribution is 2.28. The third kappa shape index (κ3) is 3.43. The van der Waals surface area contributed by atoms with Gasteiger partial charge in [-0.3, -0.25) is 9.59 Å². The molecule has 0 saturated carbocycles. The summed E-state index contributed by atoms with van der Waals surface area (Å²) in [5.41, 5.74) is 1.64. The molecule has 1 aliphatic rings. The molecule has 0 bridgehead atoms. The van der Waals surface area contributed by atoms with Crippen molar-refractivity contribution < 1.29 is 9.59 Å². The van der Waals surface area contributed by atoms with Crippen molar-refractivity contribution in [1.29, 1.82) is 0 Å². The van der Waals surface area contributed by atoms with Gasteiger partial charge in [0.05, 0.1) is 11.9 Å². The highest BCUT2D eigenvalue weighted by atomic mass is 35.5. The van der Waals surface area contributed by atoms with E-state index >= 15 is 0 Å². The van der Waals surface area contributed by atoms with E-state index in [1.54, 1.807) is 12.1 Å². The SMILES string of the molecule is O=C(CC1Nc2c3ccccc3nc(=S)n2C1=O)NCc1ccc(Cl)cc1. The molecular weight excluding hydrogens is 384 g/mol. The summed E-state index contributed by atoms with van der Waals surface area (Å²) >= 11 is 11.1. The number of para-hydroxylation sites is 1. The molecule has 1 atom stereocenters. The summed E-state index contributed by atoms with van der Waals surface area (Å²) in [6.45, 7) is 0.369. The third-order valence-electron chi connectivity index (χ3n) is 4.41. The van der Waals surface area contributed by atoms with Gasteiger partial charge >= 0.3 is 0 Å². The quantitative estimate of drug-likeness (QED) is 0.657. The summed E-state index contributed by atoms with van der Waals surface area (Å²) in [6, 6.07) is 14.0. The van der Waals surface area contributed by atoms with Crippen LogP contribution in [0, 0.1) is 4.77 Å². The van der Waals surface area contributed by atoms with Crippen LogP contribution in [0.5, 0.6) is 0 Å². The molecule has 2 aromatic carbocycles. The maximum Gasteiger partial charge on any atom is 0.257 e. The number of carbonyl (C=O) groups is 2. The fraction of sp³-hybridized carbons (Fsp3) is 0.158. The molecule has 2 heterocycles. The van der Waals surface area contributed by atoms with Crippen molar-refractivity contribution in [3.8, 4) is 0 Å². The van der Waals surface area contributed by atoms with Gasteiger partial charge in [0, 0.05) is 17.0 Å². The number of amides is 1. The van der Waals surface area contributed by atoms with E-state index in [1.165, 1.54) is 4.57 Å². The first kappa shape index (κ1) is 17.6. The monoisotopic (exact) mass is 398 g/mol. The Bertz CT molecular complexity index is 1110. The Hall–Kier alpha value is -2.77. The van der Waals surface area contributed by atoms with Gasteiger partial charge in [-0.2, -0.15) is 0 Å². The number of anilines is 1. The molecule has 0 radical (unpaired) electrons. The highest BCUT2D eigenvalue weighted by Gasteiger charge is 2.33. The van der Waals surface area contributed by atoms with Gasteiger partial charge in [0.2, 0.25) is 10.7 Å². The number of fused-ring (bicyclic) bond motifs is 3. The molecule has 8 heteroatoms. The lowest BCUT2D eigenvalue weighted by Gasteiger charge is -2.10. The second kappa shape index (κ2) is 7.09. The Morgan fingerprint density at radius 1 is 1.22 bits per heavy atom. The van der Waals surface area contributed by atoms with Crippen LogP contribution in [0.15, 0.2) is 48.5 Å². The van der Waals surface area contributed by atoms with E-state index in [2.05, 4.69) is 15.6 Å². The number of rotatable bonds is 4. The van der Waals surface area contributed by atoms with E-state index < -0.39 is 6.04 Å². The lowest BCUT2D eigenvalue weighted by atomic mass is 10.2. The van der Waals surface area contributed by atoms with Crippen LogP contribution < -0.4 is 10.6 Å². The summed E-state index contributed by atoms with van der Waals surface area (Å²) in [6.07, 6.45) is 0.0111. The van der Waals surface area contributed by atoms with Gasteiger partial charge in [-0.15, -0.1) is 0 Å². The van der Waals surface area contributed by atoms with Gasteiger partial charge in [-0.05, 0) is 42.0 Å².